The fraction of sp³-hybridized carbons (Fsp3) is 0.250. The molecule has 0 radical (unpaired) electrons. The van der Waals surface area contributed by atoms with Crippen molar-refractivity contribution in [2.75, 3.05) is 11.9 Å². The molecule has 15 heavy (non-hydrogen) atoms. The van der Waals surface area contributed by atoms with E-state index in [1.54, 1.807) is 0 Å². The normalized spacial score (nSPS) is 9.00. The number of amides is 1. The van der Waals surface area contributed by atoms with E-state index in [-0.39, 0.29) is 5.91 Å². The molecule has 1 rings (SSSR count). The molecule has 0 bridgehead atoms. The van der Waals surface area contributed by atoms with Crippen molar-refractivity contribution in [2.45, 2.75) is 13.8 Å². The van der Waals surface area contributed by atoms with E-state index in [4.69, 9.17) is 5.73 Å². The molecule has 0 aliphatic carbocycles. The summed E-state index contributed by atoms with van der Waals surface area (Å²) in [5, 5.41) is 2.72. The van der Waals surface area contributed by atoms with Crippen molar-refractivity contribution in [1.29, 1.82) is 0 Å². The third-order valence-corrected chi connectivity index (χ3v) is 1.87. The fourth-order valence-corrected chi connectivity index (χ4v) is 1.23. The molecule has 0 fully saturated rings. The third-order valence-electron chi connectivity index (χ3n) is 1.87. The molecule has 0 unspecified atom stereocenters. The van der Waals surface area contributed by atoms with Crippen LogP contribution in [0.4, 0.5) is 5.69 Å². The highest BCUT2D eigenvalue weighted by Crippen LogP contribution is 2.14. The molecule has 3 nitrogen and oxygen atoms in total. The van der Waals surface area contributed by atoms with Gasteiger partial charge in [0.05, 0.1) is 6.54 Å². The average molecular weight is 202 g/mol. The highest BCUT2D eigenvalue weighted by molar-refractivity contribution is 5.88. The van der Waals surface area contributed by atoms with Gasteiger partial charge < -0.3 is 11.1 Å². The van der Waals surface area contributed by atoms with Crippen LogP contribution in [0.2, 0.25) is 0 Å². The summed E-state index contributed by atoms with van der Waals surface area (Å²) in [4.78, 5) is 10.8. The second-order valence-electron chi connectivity index (χ2n) is 3.22. The smallest absolute Gasteiger partial charge is 0.221 e. The summed E-state index contributed by atoms with van der Waals surface area (Å²) in [7, 11) is 0. The Morgan fingerprint density at radius 1 is 1.53 bits per heavy atom. The van der Waals surface area contributed by atoms with Crippen LogP contribution >= 0.6 is 0 Å². The number of nitrogens with one attached hydrogen (secondary N) is 1. The molecule has 1 aromatic carbocycles. The molecular formula is C12H14N2O. The van der Waals surface area contributed by atoms with Crippen molar-refractivity contribution < 1.29 is 4.79 Å². The van der Waals surface area contributed by atoms with E-state index in [1.165, 1.54) is 6.92 Å². The minimum Gasteiger partial charge on any atom is -0.326 e. The maximum Gasteiger partial charge on any atom is 0.221 e. The zero-order valence-electron chi connectivity index (χ0n) is 8.92. The van der Waals surface area contributed by atoms with Crippen LogP contribution in [0.25, 0.3) is 0 Å². The molecule has 0 heterocycles. The Hall–Kier alpha value is -1.79. The standard InChI is InChI=1S/C12H14N2O/c1-9-8-12(14-10(2)15)6-5-11(9)4-3-7-13/h5-6,8H,7,13H2,1-2H3,(H,14,15). The number of benzene rings is 1. The van der Waals surface area contributed by atoms with Gasteiger partial charge in [-0.25, -0.2) is 0 Å². The van der Waals surface area contributed by atoms with E-state index in [1.807, 2.05) is 25.1 Å². The zero-order chi connectivity index (χ0) is 11.3. The highest BCUT2D eigenvalue weighted by atomic mass is 16.1. The molecule has 0 spiro atoms. The molecule has 3 N–H and O–H groups in total. The Balaban J connectivity index is 2.92. The van der Waals surface area contributed by atoms with Gasteiger partial charge in [0.1, 0.15) is 0 Å². The molecule has 0 saturated heterocycles. The molecule has 0 aromatic heterocycles. The highest BCUT2D eigenvalue weighted by Gasteiger charge is 1.98. The monoisotopic (exact) mass is 202 g/mol. The van der Waals surface area contributed by atoms with Crippen LogP contribution < -0.4 is 11.1 Å². The minimum absolute atomic E-state index is 0.0739. The summed E-state index contributed by atoms with van der Waals surface area (Å²) >= 11 is 0. The molecular weight excluding hydrogens is 188 g/mol. The van der Waals surface area contributed by atoms with Crippen LogP contribution in [0.1, 0.15) is 18.1 Å². The first-order chi connectivity index (χ1) is 7.13. The average Bonchev–Trinajstić information content (AvgIpc) is 2.15. The lowest BCUT2D eigenvalue weighted by Crippen LogP contribution is -2.05. The van der Waals surface area contributed by atoms with Gasteiger partial charge in [0, 0.05) is 18.2 Å². The number of anilines is 1. The third kappa shape index (κ3) is 3.45. The van der Waals surface area contributed by atoms with Crippen molar-refractivity contribution in [3.63, 3.8) is 0 Å². The summed E-state index contributed by atoms with van der Waals surface area (Å²) in [5.41, 5.74) is 8.05. The lowest BCUT2D eigenvalue weighted by Gasteiger charge is -2.04. The van der Waals surface area contributed by atoms with Gasteiger partial charge in [-0.2, -0.15) is 0 Å². The summed E-state index contributed by atoms with van der Waals surface area (Å²) in [6.07, 6.45) is 0. The number of nitrogens with two attached hydrogens (primary N) is 1. The molecule has 1 aromatic rings. The summed E-state index contributed by atoms with van der Waals surface area (Å²) < 4.78 is 0. The van der Waals surface area contributed by atoms with Crippen molar-refractivity contribution >= 4 is 11.6 Å². The Bertz CT molecular complexity index is 427. The van der Waals surface area contributed by atoms with Crippen LogP contribution in [0, 0.1) is 18.8 Å². The van der Waals surface area contributed by atoms with Crippen LogP contribution in [-0.4, -0.2) is 12.5 Å². The van der Waals surface area contributed by atoms with E-state index in [2.05, 4.69) is 17.2 Å². The zero-order valence-corrected chi connectivity index (χ0v) is 8.92. The molecule has 0 saturated carbocycles. The maximum absolute atomic E-state index is 10.8. The summed E-state index contributed by atoms with van der Waals surface area (Å²) in [5.74, 6) is 5.69. The second-order valence-corrected chi connectivity index (χ2v) is 3.22. The number of rotatable bonds is 1. The van der Waals surface area contributed by atoms with Crippen LogP contribution in [-0.2, 0) is 4.79 Å². The quantitative estimate of drug-likeness (QED) is 0.674. The first-order valence-corrected chi connectivity index (χ1v) is 4.70. The first kappa shape index (κ1) is 11.3. The second kappa shape index (κ2) is 5.18. The van der Waals surface area contributed by atoms with Gasteiger partial charge in [-0.3, -0.25) is 4.79 Å². The first-order valence-electron chi connectivity index (χ1n) is 4.70. The van der Waals surface area contributed by atoms with Crippen molar-refractivity contribution in [3.8, 4) is 11.8 Å². The number of hydrogen-bond acceptors (Lipinski definition) is 2. The molecule has 78 valence electrons. The van der Waals surface area contributed by atoms with Crippen molar-refractivity contribution in [3.05, 3.63) is 29.3 Å². The van der Waals surface area contributed by atoms with Gasteiger partial charge in [-0.05, 0) is 30.7 Å². The van der Waals surface area contributed by atoms with E-state index >= 15 is 0 Å². The summed E-state index contributed by atoms with van der Waals surface area (Å²) in [6, 6.07) is 5.60. The molecule has 0 aliphatic rings. The van der Waals surface area contributed by atoms with E-state index in [9.17, 15) is 4.79 Å². The molecule has 3 heteroatoms. The van der Waals surface area contributed by atoms with E-state index in [0.717, 1.165) is 16.8 Å². The molecule has 1 amide bonds. The number of hydrogen-bond donors (Lipinski definition) is 2. The maximum atomic E-state index is 10.8. The van der Waals surface area contributed by atoms with Crippen LogP contribution in [0.5, 0.6) is 0 Å². The van der Waals surface area contributed by atoms with Gasteiger partial charge in [0.25, 0.3) is 0 Å². The SMILES string of the molecule is CC(=O)Nc1ccc(C#CCN)c(C)c1. The Labute approximate surface area is 89.7 Å². The minimum atomic E-state index is -0.0739. The lowest BCUT2D eigenvalue weighted by molar-refractivity contribution is -0.114. The van der Waals surface area contributed by atoms with Crippen LogP contribution in [0.3, 0.4) is 0 Å². The number of carbonyl (C=O) groups is 1. The predicted molar refractivity (Wildman–Crippen MR) is 61.4 cm³/mol. The number of aryl methyl sites for hydroxylation is 1. The summed E-state index contributed by atoms with van der Waals surface area (Å²) in [6.45, 7) is 3.79. The topological polar surface area (TPSA) is 55.1 Å². The lowest BCUT2D eigenvalue weighted by atomic mass is 10.1. The van der Waals surface area contributed by atoms with E-state index in [0.29, 0.717) is 6.54 Å². The van der Waals surface area contributed by atoms with Gasteiger partial charge in [-0.15, -0.1) is 0 Å². The Morgan fingerprint density at radius 3 is 2.80 bits per heavy atom. The number of carbonyl (C=O) groups excluding carboxylic acids is 1. The molecule has 0 atom stereocenters. The van der Waals surface area contributed by atoms with Gasteiger partial charge in [0.15, 0.2) is 0 Å². The van der Waals surface area contributed by atoms with Gasteiger partial charge >= 0.3 is 0 Å². The predicted octanol–water partition coefficient (Wildman–Crippen LogP) is 1.26. The van der Waals surface area contributed by atoms with Crippen molar-refractivity contribution in [1.82, 2.24) is 0 Å². The Morgan fingerprint density at radius 2 is 2.27 bits per heavy atom. The largest absolute Gasteiger partial charge is 0.326 e. The van der Waals surface area contributed by atoms with Crippen molar-refractivity contribution in [2.24, 2.45) is 5.73 Å². The fourth-order valence-electron chi connectivity index (χ4n) is 1.23. The van der Waals surface area contributed by atoms with Gasteiger partial charge in [0.2, 0.25) is 5.91 Å². The van der Waals surface area contributed by atoms with Crippen LogP contribution in [0.15, 0.2) is 18.2 Å². The van der Waals surface area contributed by atoms with E-state index < -0.39 is 0 Å². The van der Waals surface area contributed by atoms with Gasteiger partial charge in [-0.1, -0.05) is 11.8 Å². The molecule has 0 aliphatic heterocycles. The Kier molecular flexibility index (Phi) is 3.90.